The van der Waals surface area contributed by atoms with Gasteiger partial charge in [0, 0.05) is 29.6 Å². The average molecular weight is 455 g/mol. The van der Waals surface area contributed by atoms with Crippen LogP contribution in [0.5, 0.6) is 0 Å². The number of carbonyl (C=O) groups is 3. The molecule has 1 aliphatic rings. The van der Waals surface area contributed by atoms with E-state index in [4.69, 9.17) is 16.3 Å². The van der Waals surface area contributed by atoms with E-state index in [1.165, 1.54) is 4.90 Å². The number of benzene rings is 2. The van der Waals surface area contributed by atoms with E-state index in [-0.39, 0.29) is 31.4 Å². The van der Waals surface area contributed by atoms with Crippen LogP contribution in [0.15, 0.2) is 65.9 Å². The van der Waals surface area contributed by atoms with Crippen molar-refractivity contribution in [3.63, 3.8) is 0 Å². The van der Waals surface area contributed by atoms with Gasteiger partial charge in [0.1, 0.15) is 6.54 Å². The minimum absolute atomic E-state index is 0.0587. The molecule has 1 heterocycles. The molecular weight excluding hydrogens is 428 g/mol. The van der Waals surface area contributed by atoms with Gasteiger partial charge < -0.3 is 15.0 Å². The molecule has 0 bridgehead atoms. The van der Waals surface area contributed by atoms with Gasteiger partial charge in [-0.1, -0.05) is 54.1 Å². The lowest BCUT2D eigenvalue weighted by atomic mass is 9.83. The van der Waals surface area contributed by atoms with Crippen LogP contribution in [-0.4, -0.2) is 42.4 Å². The van der Waals surface area contributed by atoms with Crippen molar-refractivity contribution in [1.29, 1.82) is 0 Å². The fourth-order valence-corrected chi connectivity index (χ4v) is 4.07. The molecule has 2 aromatic rings. The number of rotatable bonds is 8. The van der Waals surface area contributed by atoms with Crippen molar-refractivity contribution in [3.8, 4) is 0 Å². The molecule has 1 atom stereocenters. The zero-order valence-electron chi connectivity index (χ0n) is 18.3. The molecule has 0 fully saturated rings. The third-order valence-corrected chi connectivity index (χ3v) is 5.68. The lowest BCUT2D eigenvalue weighted by molar-refractivity contribution is -0.141. The summed E-state index contributed by atoms with van der Waals surface area (Å²) in [7, 11) is 0. The Kier molecular flexibility index (Phi) is 8.06. The monoisotopic (exact) mass is 454 g/mol. The number of hydrogen-bond acceptors (Lipinski definition) is 4. The molecule has 1 aliphatic heterocycles. The smallest absolute Gasteiger partial charge is 0.336 e. The molecule has 2 amide bonds. The zero-order valence-corrected chi connectivity index (χ0v) is 19.0. The fourth-order valence-electron chi connectivity index (χ4n) is 3.88. The van der Waals surface area contributed by atoms with Crippen molar-refractivity contribution < 1.29 is 19.1 Å². The SMILES string of the molecule is CCOC(=O)C1=C(C)N(CC(=O)NCCc2ccccc2)C(=O)CC1c1cccc(Cl)c1. The number of nitrogens with zero attached hydrogens (tertiary/aromatic N) is 1. The van der Waals surface area contributed by atoms with Gasteiger partial charge in [-0.3, -0.25) is 9.59 Å². The normalized spacial score (nSPS) is 16.2. The quantitative estimate of drug-likeness (QED) is 0.615. The molecule has 3 rings (SSSR count). The average Bonchev–Trinajstić information content (AvgIpc) is 2.77. The molecule has 168 valence electrons. The highest BCUT2D eigenvalue weighted by Crippen LogP contribution is 2.37. The number of ether oxygens (including phenoxy) is 1. The van der Waals surface area contributed by atoms with Crippen molar-refractivity contribution in [2.75, 3.05) is 19.7 Å². The van der Waals surface area contributed by atoms with E-state index in [0.29, 0.717) is 29.3 Å². The highest BCUT2D eigenvalue weighted by atomic mass is 35.5. The summed E-state index contributed by atoms with van der Waals surface area (Å²) in [6.45, 7) is 3.94. The third-order valence-electron chi connectivity index (χ3n) is 5.45. The first-order chi connectivity index (χ1) is 15.4. The standard InChI is InChI=1S/C25H27ClN2O4/c1-3-32-25(31)24-17(2)28(16-22(29)27-13-12-18-8-5-4-6-9-18)23(30)15-21(24)19-10-7-11-20(26)14-19/h4-11,14,21H,3,12-13,15-16H2,1-2H3,(H,27,29). The third kappa shape index (κ3) is 5.77. The van der Waals surface area contributed by atoms with Gasteiger partial charge in [-0.05, 0) is 43.5 Å². The molecule has 0 radical (unpaired) electrons. The molecule has 0 aliphatic carbocycles. The summed E-state index contributed by atoms with van der Waals surface area (Å²) in [5.74, 6) is -1.47. The molecule has 0 spiro atoms. The van der Waals surface area contributed by atoms with Crippen molar-refractivity contribution in [3.05, 3.63) is 82.0 Å². The van der Waals surface area contributed by atoms with E-state index in [9.17, 15) is 14.4 Å². The Morgan fingerprint density at radius 2 is 1.91 bits per heavy atom. The molecule has 1 N–H and O–H groups in total. The summed E-state index contributed by atoms with van der Waals surface area (Å²) >= 11 is 6.14. The fraction of sp³-hybridized carbons (Fsp3) is 0.320. The van der Waals surface area contributed by atoms with Gasteiger partial charge in [0.25, 0.3) is 0 Å². The molecule has 6 nitrogen and oxygen atoms in total. The summed E-state index contributed by atoms with van der Waals surface area (Å²) < 4.78 is 5.27. The number of carbonyl (C=O) groups excluding carboxylic acids is 3. The van der Waals surface area contributed by atoms with Gasteiger partial charge >= 0.3 is 5.97 Å². The van der Waals surface area contributed by atoms with Crippen molar-refractivity contribution in [2.45, 2.75) is 32.6 Å². The van der Waals surface area contributed by atoms with E-state index in [2.05, 4.69) is 5.32 Å². The second-order valence-electron chi connectivity index (χ2n) is 7.60. The molecular formula is C25H27ClN2O4. The van der Waals surface area contributed by atoms with Gasteiger partial charge in [0.05, 0.1) is 12.2 Å². The summed E-state index contributed by atoms with van der Waals surface area (Å²) in [6, 6.07) is 16.9. The van der Waals surface area contributed by atoms with Crippen LogP contribution >= 0.6 is 11.6 Å². The first-order valence-corrected chi connectivity index (χ1v) is 11.0. The minimum Gasteiger partial charge on any atom is -0.463 e. The summed E-state index contributed by atoms with van der Waals surface area (Å²) in [4.78, 5) is 39.6. The van der Waals surface area contributed by atoms with Crippen LogP contribution in [0.4, 0.5) is 0 Å². The van der Waals surface area contributed by atoms with Crippen LogP contribution in [0, 0.1) is 0 Å². The van der Waals surface area contributed by atoms with E-state index in [1.54, 1.807) is 32.0 Å². The molecule has 7 heteroatoms. The van der Waals surface area contributed by atoms with Crippen LogP contribution in [0.1, 0.15) is 37.3 Å². The number of nitrogens with one attached hydrogen (secondary N) is 1. The first kappa shape index (κ1) is 23.5. The first-order valence-electron chi connectivity index (χ1n) is 10.6. The summed E-state index contributed by atoms with van der Waals surface area (Å²) in [5, 5.41) is 3.37. The summed E-state index contributed by atoms with van der Waals surface area (Å²) in [6.07, 6.45) is 0.753. The highest BCUT2D eigenvalue weighted by molar-refractivity contribution is 6.30. The number of hydrogen-bond donors (Lipinski definition) is 1. The predicted octanol–water partition coefficient (Wildman–Crippen LogP) is 3.85. The second kappa shape index (κ2) is 11.0. The Bertz CT molecular complexity index is 1020. The maximum atomic E-state index is 13.0. The van der Waals surface area contributed by atoms with Crippen LogP contribution in [0.2, 0.25) is 5.02 Å². The van der Waals surface area contributed by atoms with E-state index < -0.39 is 11.9 Å². The number of allylic oxidation sites excluding steroid dienone is 1. The Morgan fingerprint density at radius 1 is 1.16 bits per heavy atom. The van der Waals surface area contributed by atoms with Crippen LogP contribution in [0.3, 0.4) is 0 Å². The molecule has 1 unspecified atom stereocenters. The topological polar surface area (TPSA) is 75.7 Å². The minimum atomic E-state index is -0.489. The largest absolute Gasteiger partial charge is 0.463 e. The van der Waals surface area contributed by atoms with Crippen LogP contribution in [0.25, 0.3) is 0 Å². The Morgan fingerprint density at radius 3 is 2.59 bits per heavy atom. The van der Waals surface area contributed by atoms with E-state index >= 15 is 0 Å². The van der Waals surface area contributed by atoms with Gasteiger partial charge in [0.2, 0.25) is 11.8 Å². The van der Waals surface area contributed by atoms with E-state index in [0.717, 1.165) is 11.1 Å². The van der Waals surface area contributed by atoms with Gasteiger partial charge in [-0.2, -0.15) is 0 Å². The zero-order chi connectivity index (χ0) is 23.1. The predicted molar refractivity (Wildman–Crippen MR) is 123 cm³/mol. The number of amides is 2. The van der Waals surface area contributed by atoms with Gasteiger partial charge in [-0.25, -0.2) is 4.79 Å². The Labute approximate surface area is 193 Å². The molecule has 0 aromatic heterocycles. The van der Waals surface area contributed by atoms with Crippen molar-refractivity contribution in [2.24, 2.45) is 0 Å². The van der Waals surface area contributed by atoms with E-state index in [1.807, 2.05) is 36.4 Å². The highest BCUT2D eigenvalue weighted by Gasteiger charge is 2.37. The molecule has 0 saturated carbocycles. The Hall–Kier alpha value is -3.12. The molecule has 0 saturated heterocycles. The van der Waals surface area contributed by atoms with Crippen LogP contribution in [-0.2, 0) is 25.5 Å². The molecule has 32 heavy (non-hydrogen) atoms. The lowest BCUT2D eigenvalue weighted by Gasteiger charge is -2.34. The Balaban J connectivity index is 1.77. The second-order valence-corrected chi connectivity index (χ2v) is 8.03. The maximum absolute atomic E-state index is 13.0. The summed E-state index contributed by atoms with van der Waals surface area (Å²) in [5.41, 5.74) is 2.70. The number of halogens is 1. The number of esters is 1. The van der Waals surface area contributed by atoms with Gasteiger partial charge in [0.15, 0.2) is 0 Å². The van der Waals surface area contributed by atoms with Gasteiger partial charge in [-0.15, -0.1) is 0 Å². The van der Waals surface area contributed by atoms with Crippen molar-refractivity contribution >= 4 is 29.4 Å². The molecule has 2 aromatic carbocycles. The van der Waals surface area contributed by atoms with Crippen LogP contribution < -0.4 is 5.32 Å². The maximum Gasteiger partial charge on any atom is 0.336 e. The lowest BCUT2D eigenvalue weighted by Crippen LogP contribution is -2.44. The van der Waals surface area contributed by atoms with Crippen molar-refractivity contribution in [1.82, 2.24) is 10.2 Å².